The topological polar surface area (TPSA) is 46.3 Å². The molecule has 0 saturated carbocycles. The zero-order chi connectivity index (χ0) is 9.84. The van der Waals surface area contributed by atoms with E-state index in [4.69, 9.17) is 5.73 Å². The fraction of sp³-hybridized carbons (Fsp3) is 0.889. The summed E-state index contributed by atoms with van der Waals surface area (Å²) >= 11 is 1.92. The van der Waals surface area contributed by atoms with Crippen LogP contribution in [-0.2, 0) is 4.79 Å². The molecule has 1 fully saturated rings. The van der Waals surface area contributed by atoms with Gasteiger partial charge in [-0.05, 0) is 18.6 Å². The van der Waals surface area contributed by atoms with Gasteiger partial charge in [0.15, 0.2) is 0 Å². The summed E-state index contributed by atoms with van der Waals surface area (Å²) < 4.78 is 0. The second-order valence-corrected chi connectivity index (χ2v) is 4.90. The summed E-state index contributed by atoms with van der Waals surface area (Å²) in [7, 11) is 0. The van der Waals surface area contributed by atoms with Crippen LogP contribution in [0.3, 0.4) is 0 Å². The summed E-state index contributed by atoms with van der Waals surface area (Å²) in [6.07, 6.45) is 0. The van der Waals surface area contributed by atoms with Crippen LogP contribution in [0.5, 0.6) is 0 Å². The molecule has 0 aromatic heterocycles. The standard InChI is InChI=1S/C9H18N2OS/c1-7-5-11(3-4-13-6-7)9(12)8(2)10/h7-8H,3-6,10H2,1-2H3/t7?,8-/m1/s1. The monoisotopic (exact) mass is 202 g/mol. The smallest absolute Gasteiger partial charge is 0.239 e. The zero-order valence-electron chi connectivity index (χ0n) is 8.32. The van der Waals surface area contributed by atoms with Crippen molar-refractivity contribution in [2.24, 2.45) is 11.7 Å². The summed E-state index contributed by atoms with van der Waals surface area (Å²) in [6, 6.07) is -0.352. The van der Waals surface area contributed by atoms with E-state index in [0.717, 1.165) is 24.6 Å². The van der Waals surface area contributed by atoms with E-state index in [1.54, 1.807) is 6.92 Å². The first kappa shape index (κ1) is 10.9. The number of amides is 1. The van der Waals surface area contributed by atoms with E-state index in [2.05, 4.69) is 6.92 Å². The third kappa shape index (κ3) is 3.19. The zero-order valence-corrected chi connectivity index (χ0v) is 9.14. The van der Waals surface area contributed by atoms with Gasteiger partial charge in [-0.25, -0.2) is 0 Å². The largest absolute Gasteiger partial charge is 0.340 e. The van der Waals surface area contributed by atoms with Crippen LogP contribution in [0.2, 0.25) is 0 Å². The van der Waals surface area contributed by atoms with Gasteiger partial charge in [0, 0.05) is 18.8 Å². The Balaban J connectivity index is 2.52. The molecule has 3 nitrogen and oxygen atoms in total. The van der Waals surface area contributed by atoms with Crippen molar-refractivity contribution in [2.45, 2.75) is 19.9 Å². The highest BCUT2D eigenvalue weighted by Crippen LogP contribution is 2.15. The summed E-state index contributed by atoms with van der Waals surface area (Å²) in [6.45, 7) is 5.66. The number of nitrogens with zero attached hydrogens (tertiary/aromatic N) is 1. The minimum Gasteiger partial charge on any atom is -0.340 e. The fourth-order valence-electron chi connectivity index (χ4n) is 1.47. The van der Waals surface area contributed by atoms with Crippen LogP contribution in [0, 0.1) is 5.92 Å². The number of hydrogen-bond donors (Lipinski definition) is 1. The SMILES string of the molecule is CC1CSCCN(C(=O)[C@@H](C)N)C1. The Morgan fingerprint density at radius 1 is 1.69 bits per heavy atom. The lowest BCUT2D eigenvalue weighted by Gasteiger charge is -2.23. The van der Waals surface area contributed by atoms with Crippen LogP contribution >= 0.6 is 11.8 Å². The number of carbonyl (C=O) groups is 1. The van der Waals surface area contributed by atoms with Gasteiger partial charge in [-0.3, -0.25) is 4.79 Å². The lowest BCUT2D eigenvalue weighted by molar-refractivity contribution is -0.132. The Morgan fingerprint density at radius 3 is 3.00 bits per heavy atom. The molecule has 1 saturated heterocycles. The van der Waals surface area contributed by atoms with Gasteiger partial charge in [0.05, 0.1) is 6.04 Å². The molecule has 1 heterocycles. The van der Waals surface area contributed by atoms with E-state index in [-0.39, 0.29) is 11.9 Å². The van der Waals surface area contributed by atoms with E-state index in [1.165, 1.54) is 0 Å². The Bertz CT molecular complexity index is 184. The van der Waals surface area contributed by atoms with Gasteiger partial charge in [0.1, 0.15) is 0 Å². The van der Waals surface area contributed by atoms with Gasteiger partial charge >= 0.3 is 0 Å². The molecule has 13 heavy (non-hydrogen) atoms. The Hall–Kier alpha value is -0.220. The van der Waals surface area contributed by atoms with E-state index in [0.29, 0.717) is 5.92 Å². The number of carbonyl (C=O) groups excluding carboxylic acids is 1. The Labute approximate surface area is 84.0 Å². The van der Waals surface area contributed by atoms with Crippen molar-refractivity contribution in [1.82, 2.24) is 4.90 Å². The molecule has 1 unspecified atom stereocenters. The van der Waals surface area contributed by atoms with Crippen LogP contribution in [-0.4, -0.2) is 41.4 Å². The number of hydrogen-bond acceptors (Lipinski definition) is 3. The third-order valence-corrected chi connectivity index (χ3v) is 3.42. The van der Waals surface area contributed by atoms with Gasteiger partial charge in [0.2, 0.25) is 5.91 Å². The van der Waals surface area contributed by atoms with Gasteiger partial charge in [-0.1, -0.05) is 6.92 Å². The lowest BCUT2D eigenvalue weighted by atomic mass is 10.2. The molecule has 0 aromatic rings. The Morgan fingerprint density at radius 2 is 2.38 bits per heavy atom. The van der Waals surface area contributed by atoms with Crippen molar-refractivity contribution in [1.29, 1.82) is 0 Å². The highest BCUT2D eigenvalue weighted by molar-refractivity contribution is 7.99. The molecule has 2 N–H and O–H groups in total. The van der Waals surface area contributed by atoms with Crippen LogP contribution in [0.4, 0.5) is 0 Å². The first-order valence-electron chi connectivity index (χ1n) is 4.73. The molecule has 2 atom stereocenters. The molecule has 0 spiro atoms. The molecule has 1 aliphatic heterocycles. The molecule has 76 valence electrons. The van der Waals surface area contributed by atoms with E-state index < -0.39 is 0 Å². The second-order valence-electron chi connectivity index (χ2n) is 3.75. The number of thioether (sulfide) groups is 1. The summed E-state index contributed by atoms with van der Waals surface area (Å²) in [5.41, 5.74) is 5.57. The minimum absolute atomic E-state index is 0.0920. The average molecular weight is 202 g/mol. The maximum absolute atomic E-state index is 11.6. The minimum atomic E-state index is -0.352. The highest BCUT2D eigenvalue weighted by Gasteiger charge is 2.21. The first-order chi connectivity index (χ1) is 6.11. The fourth-order valence-corrected chi connectivity index (χ4v) is 2.49. The lowest BCUT2D eigenvalue weighted by Crippen LogP contribution is -2.44. The summed E-state index contributed by atoms with van der Waals surface area (Å²) in [5.74, 6) is 2.88. The quantitative estimate of drug-likeness (QED) is 0.675. The van der Waals surface area contributed by atoms with Crippen LogP contribution in [0.1, 0.15) is 13.8 Å². The summed E-state index contributed by atoms with van der Waals surface area (Å²) in [5, 5.41) is 0. The normalized spacial score (nSPS) is 26.7. The number of rotatable bonds is 1. The van der Waals surface area contributed by atoms with Gasteiger partial charge < -0.3 is 10.6 Å². The molecule has 1 rings (SSSR count). The van der Waals surface area contributed by atoms with Gasteiger partial charge in [-0.15, -0.1) is 0 Å². The van der Waals surface area contributed by atoms with E-state index in [9.17, 15) is 4.79 Å². The predicted octanol–water partition coefficient (Wildman–Crippen LogP) is 0.545. The van der Waals surface area contributed by atoms with Gasteiger partial charge in [-0.2, -0.15) is 11.8 Å². The van der Waals surface area contributed by atoms with Crippen molar-refractivity contribution in [2.75, 3.05) is 24.6 Å². The van der Waals surface area contributed by atoms with Crippen molar-refractivity contribution in [3.05, 3.63) is 0 Å². The van der Waals surface area contributed by atoms with Crippen molar-refractivity contribution >= 4 is 17.7 Å². The molecule has 1 aliphatic rings. The molecular formula is C9H18N2OS. The Kier molecular flexibility index (Phi) is 4.06. The van der Waals surface area contributed by atoms with Crippen molar-refractivity contribution in [3.8, 4) is 0 Å². The highest BCUT2D eigenvalue weighted by atomic mass is 32.2. The third-order valence-electron chi connectivity index (χ3n) is 2.14. The molecule has 0 radical (unpaired) electrons. The van der Waals surface area contributed by atoms with E-state index in [1.807, 2.05) is 16.7 Å². The van der Waals surface area contributed by atoms with E-state index >= 15 is 0 Å². The molecular weight excluding hydrogens is 184 g/mol. The average Bonchev–Trinajstić information content (AvgIpc) is 2.28. The number of nitrogens with two attached hydrogens (primary N) is 1. The molecule has 4 heteroatoms. The first-order valence-corrected chi connectivity index (χ1v) is 5.89. The van der Waals surface area contributed by atoms with Crippen LogP contribution in [0.25, 0.3) is 0 Å². The van der Waals surface area contributed by atoms with Crippen molar-refractivity contribution < 1.29 is 4.79 Å². The van der Waals surface area contributed by atoms with Gasteiger partial charge in [0.25, 0.3) is 0 Å². The predicted molar refractivity (Wildman–Crippen MR) is 56.7 cm³/mol. The van der Waals surface area contributed by atoms with Crippen molar-refractivity contribution in [3.63, 3.8) is 0 Å². The maximum Gasteiger partial charge on any atom is 0.239 e. The van der Waals surface area contributed by atoms with Crippen LogP contribution < -0.4 is 5.73 Å². The summed E-state index contributed by atoms with van der Waals surface area (Å²) in [4.78, 5) is 13.5. The molecule has 0 aliphatic carbocycles. The maximum atomic E-state index is 11.6. The molecule has 1 amide bonds. The second kappa shape index (κ2) is 4.86. The molecule has 0 bridgehead atoms. The molecule has 0 aromatic carbocycles. The van der Waals surface area contributed by atoms with Crippen LogP contribution in [0.15, 0.2) is 0 Å².